The number of fused-ring (bicyclic) bond motifs is 1. The molecule has 1 fully saturated rings. The lowest BCUT2D eigenvalue weighted by Crippen LogP contribution is -2.51. The third-order valence-corrected chi connectivity index (χ3v) is 8.17. The number of carbonyl (C=O) groups excluding carboxylic acids is 1. The van der Waals surface area contributed by atoms with Crippen LogP contribution in [0.25, 0.3) is 0 Å². The third-order valence-electron chi connectivity index (χ3n) is 6.11. The zero-order chi connectivity index (χ0) is 26.8. The van der Waals surface area contributed by atoms with Gasteiger partial charge in [-0.05, 0) is 49.2 Å². The van der Waals surface area contributed by atoms with Crippen LogP contribution in [0.1, 0.15) is 12.8 Å². The topological polar surface area (TPSA) is 158 Å². The molecular formula is C23H22ClFN4O7S. The molecule has 2 amide bonds. The predicted octanol–water partition coefficient (Wildman–Crippen LogP) is 2.96. The molecule has 0 aliphatic carbocycles. The minimum absolute atomic E-state index is 0.0344. The minimum Gasteiger partial charge on any atom is -0.484 e. The van der Waals surface area contributed by atoms with E-state index in [-0.39, 0.29) is 61.2 Å². The summed E-state index contributed by atoms with van der Waals surface area (Å²) in [6, 6.07) is 9.09. The Morgan fingerprint density at radius 2 is 1.97 bits per heavy atom. The first kappa shape index (κ1) is 26.5. The molecule has 1 atom stereocenters. The largest absolute Gasteiger partial charge is 0.484 e. The van der Waals surface area contributed by atoms with E-state index in [0.29, 0.717) is 0 Å². The van der Waals surface area contributed by atoms with E-state index in [2.05, 4.69) is 16.7 Å². The second-order valence-corrected chi connectivity index (χ2v) is 10.8. The first-order valence-electron chi connectivity index (χ1n) is 11.1. The Hall–Kier alpha value is -3.60. The molecule has 3 N–H and O–H groups in total. The number of carbonyl (C=O) groups is 2. The van der Waals surface area contributed by atoms with Crippen molar-refractivity contribution in [1.82, 2.24) is 5.32 Å². The number of nitriles is 1. The first-order chi connectivity index (χ1) is 17.6. The highest BCUT2D eigenvalue weighted by Gasteiger charge is 2.41. The molecule has 196 valence electrons. The molecule has 0 radical (unpaired) electrons. The highest BCUT2D eigenvalue weighted by atomic mass is 35.5. The normalized spacial score (nSPS) is 18.6. The van der Waals surface area contributed by atoms with Gasteiger partial charge in [0.1, 0.15) is 23.1 Å². The standard InChI is InChI=1S/C23H22ClFN4O7S/c24-17-10-16(2-3-18(17)25)37(33,34)29-12-15(11-27-21(30)23(13-26)5-7-35-8-6-23)36-20-4-1-14(9-19(20)29)28-22(31)32/h1-4,9-10,15,28H,5-8,11-12H2,(H,27,30)(H,31,32). The van der Waals surface area contributed by atoms with Crippen molar-refractivity contribution in [3.8, 4) is 11.8 Å². The Kier molecular flexibility index (Phi) is 7.44. The van der Waals surface area contributed by atoms with Crippen molar-refractivity contribution in [2.45, 2.75) is 23.8 Å². The highest BCUT2D eigenvalue weighted by molar-refractivity contribution is 7.92. The van der Waals surface area contributed by atoms with Gasteiger partial charge in [-0.3, -0.25) is 14.4 Å². The van der Waals surface area contributed by atoms with Gasteiger partial charge in [0.05, 0.1) is 34.8 Å². The molecule has 2 aliphatic rings. The summed E-state index contributed by atoms with van der Waals surface area (Å²) >= 11 is 5.81. The molecule has 37 heavy (non-hydrogen) atoms. The van der Waals surface area contributed by atoms with E-state index in [4.69, 9.17) is 26.2 Å². The fraction of sp³-hybridized carbons (Fsp3) is 0.348. The van der Waals surface area contributed by atoms with Gasteiger partial charge in [0.25, 0.3) is 10.0 Å². The van der Waals surface area contributed by atoms with Crippen molar-refractivity contribution >= 4 is 45.0 Å². The summed E-state index contributed by atoms with van der Waals surface area (Å²) in [7, 11) is -4.32. The van der Waals surface area contributed by atoms with Crippen molar-refractivity contribution < 1.29 is 37.0 Å². The number of carboxylic acid groups (broad SMARTS) is 1. The molecule has 0 spiro atoms. The summed E-state index contributed by atoms with van der Waals surface area (Å²) in [5.74, 6) is -1.19. The molecule has 0 aromatic heterocycles. The molecular weight excluding hydrogens is 531 g/mol. The Balaban J connectivity index is 1.64. The maximum atomic E-state index is 13.7. The number of sulfonamides is 1. The maximum absolute atomic E-state index is 13.7. The Morgan fingerprint density at radius 1 is 1.24 bits per heavy atom. The summed E-state index contributed by atoms with van der Waals surface area (Å²) < 4.78 is 53.0. The summed E-state index contributed by atoms with van der Waals surface area (Å²) in [6.45, 7) is 0.151. The van der Waals surface area contributed by atoms with Crippen LogP contribution < -0.4 is 19.7 Å². The van der Waals surface area contributed by atoms with Crippen LogP contribution in [0.5, 0.6) is 5.75 Å². The molecule has 4 rings (SSSR count). The van der Waals surface area contributed by atoms with Gasteiger partial charge in [-0.2, -0.15) is 5.26 Å². The molecule has 1 saturated heterocycles. The first-order valence-corrected chi connectivity index (χ1v) is 12.9. The summed E-state index contributed by atoms with van der Waals surface area (Å²) in [4.78, 5) is 23.7. The lowest BCUT2D eigenvalue weighted by Gasteiger charge is -2.36. The average Bonchev–Trinajstić information content (AvgIpc) is 2.88. The van der Waals surface area contributed by atoms with Crippen molar-refractivity contribution in [2.75, 3.05) is 35.9 Å². The minimum atomic E-state index is -4.32. The SMILES string of the molecule is N#CC1(C(=O)NCC2CN(S(=O)(=O)c3ccc(F)c(Cl)c3)c3cc(NC(=O)O)ccc3O2)CCOCC1. The zero-order valence-corrected chi connectivity index (χ0v) is 20.8. The molecule has 2 aromatic rings. The van der Waals surface area contributed by atoms with E-state index < -0.39 is 44.4 Å². The lowest BCUT2D eigenvalue weighted by atomic mass is 9.81. The summed E-state index contributed by atoms with van der Waals surface area (Å²) in [5, 5.41) is 23.1. The number of nitrogens with zero attached hydrogens (tertiary/aromatic N) is 2. The van der Waals surface area contributed by atoms with Gasteiger partial charge in [-0.1, -0.05) is 11.6 Å². The van der Waals surface area contributed by atoms with Crippen molar-refractivity contribution in [2.24, 2.45) is 5.41 Å². The Morgan fingerprint density at radius 3 is 2.62 bits per heavy atom. The third kappa shape index (κ3) is 5.41. The van der Waals surface area contributed by atoms with Crippen molar-refractivity contribution in [1.29, 1.82) is 5.26 Å². The van der Waals surface area contributed by atoms with E-state index in [1.165, 1.54) is 18.2 Å². The fourth-order valence-corrected chi connectivity index (χ4v) is 5.87. The van der Waals surface area contributed by atoms with Crippen LogP contribution in [0.15, 0.2) is 41.3 Å². The molecule has 14 heteroatoms. The number of anilines is 2. The van der Waals surface area contributed by atoms with Gasteiger partial charge in [-0.15, -0.1) is 0 Å². The van der Waals surface area contributed by atoms with Gasteiger partial charge in [0.2, 0.25) is 5.91 Å². The number of nitrogens with one attached hydrogen (secondary N) is 2. The van der Waals surface area contributed by atoms with E-state index in [1.54, 1.807) is 0 Å². The second-order valence-electron chi connectivity index (χ2n) is 8.48. The molecule has 2 heterocycles. The number of amides is 2. The Bertz CT molecular complexity index is 1380. The number of halogens is 2. The van der Waals surface area contributed by atoms with Crippen LogP contribution in [0.2, 0.25) is 5.02 Å². The smallest absolute Gasteiger partial charge is 0.409 e. The van der Waals surface area contributed by atoms with E-state index in [9.17, 15) is 27.7 Å². The average molecular weight is 553 g/mol. The summed E-state index contributed by atoms with van der Waals surface area (Å²) in [5.41, 5.74) is -1.12. The van der Waals surface area contributed by atoms with Gasteiger partial charge >= 0.3 is 6.09 Å². The second kappa shape index (κ2) is 10.4. The molecule has 0 bridgehead atoms. The number of ether oxygens (including phenoxy) is 2. The van der Waals surface area contributed by atoms with E-state index in [0.717, 1.165) is 22.5 Å². The Labute approximate surface area is 216 Å². The highest BCUT2D eigenvalue weighted by Crippen LogP contribution is 2.39. The number of hydrogen-bond acceptors (Lipinski definition) is 7. The zero-order valence-electron chi connectivity index (χ0n) is 19.2. The van der Waals surface area contributed by atoms with Crippen LogP contribution >= 0.6 is 11.6 Å². The van der Waals surface area contributed by atoms with E-state index in [1.807, 2.05) is 0 Å². The number of hydrogen-bond donors (Lipinski definition) is 3. The maximum Gasteiger partial charge on any atom is 0.409 e. The van der Waals surface area contributed by atoms with Crippen LogP contribution in [0.4, 0.5) is 20.6 Å². The van der Waals surface area contributed by atoms with E-state index >= 15 is 0 Å². The van der Waals surface area contributed by atoms with Gasteiger partial charge in [0.15, 0.2) is 0 Å². The molecule has 2 aromatic carbocycles. The van der Waals surface area contributed by atoms with Crippen LogP contribution in [0, 0.1) is 22.6 Å². The van der Waals surface area contributed by atoms with Crippen LogP contribution in [-0.4, -0.2) is 57.9 Å². The molecule has 0 saturated carbocycles. The molecule has 1 unspecified atom stereocenters. The van der Waals surface area contributed by atoms with Gasteiger partial charge in [0, 0.05) is 18.9 Å². The quantitative estimate of drug-likeness (QED) is 0.493. The van der Waals surface area contributed by atoms with Gasteiger partial charge in [-0.25, -0.2) is 17.6 Å². The van der Waals surface area contributed by atoms with Crippen LogP contribution in [0.3, 0.4) is 0 Å². The summed E-state index contributed by atoms with van der Waals surface area (Å²) in [6.07, 6.45) is -1.75. The number of rotatable bonds is 6. The predicted molar refractivity (Wildman–Crippen MR) is 130 cm³/mol. The van der Waals surface area contributed by atoms with Crippen molar-refractivity contribution in [3.63, 3.8) is 0 Å². The van der Waals surface area contributed by atoms with Gasteiger partial charge < -0.3 is 19.9 Å². The monoisotopic (exact) mass is 552 g/mol. The van der Waals surface area contributed by atoms with Crippen molar-refractivity contribution in [3.05, 3.63) is 47.2 Å². The number of benzene rings is 2. The molecule has 11 nitrogen and oxygen atoms in total. The molecule has 2 aliphatic heterocycles. The fourth-order valence-electron chi connectivity index (χ4n) is 4.10. The lowest BCUT2D eigenvalue weighted by molar-refractivity contribution is -0.132. The van der Waals surface area contributed by atoms with Crippen LogP contribution in [-0.2, 0) is 19.6 Å².